The molecule has 0 radical (unpaired) electrons. The fourth-order valence-corrected chi connectivity index (χ4v) is 2.67. The molecule has 0 saturated heterocycles. The van der Waals surface area contributed by atoms with Crippen LogP contribution in [0, 0.1) is 0 Å². The molecule has 2 atom stereocenters. The lowest BCUT2D eigenvalue weighted by Crippen LogP contribution is -2.32. The quantitative estimate of drug-likeness (QED) is 0.606. The molecule has 0 aromatic heterocycles. The molecule has 0 aliphatic carbocycles. The maximum atomic E-state index is 10.2. The van der Waals surface area contributed by atoms with Gasteiger partial charge in [-0.15, -0.1) is 0 Å². The number of nitrogens with one attached hydrogen (secondary N) is 1. The molecule has 0 saturated carbocycles. The van der Waals surface area contributed by atoms with Crippen LogP contribution in [0.5, 0.6) is 23.0 Å². The SMILES string of the molecule is C[C@H](Cc1ccc2c(c1)OCO2)NC[C@H](O)c1ccc(O)c(O)c1. The largest absolute Gasteiger partial charge is 0.504 e. The molecule has 4 N–H and O–H groups in total. The summed E-state index contributed by atoms with van der Waals surface area (Å²) >= 11 is 0. The lowest BCUT2D eigenvalue weighted by Gasteiger charge is -2.18. The molecule has 0 spiro atoms. The second-order valence-electron chi connectivity index (χ2n) is 5.96. The Morgan fingerprint density at radius 2 is 1.83 bits per heavy atom. The Kier molecular flexibility index (Phi) is 4.78. The maximum Gasteiger partial charge on any atom is 0.231 e. The number of phenols is 2. The van der Waals surface area contributed by atoms with Gasteiger partial charge in [-0.05, 0) is 48.7 Å². The zero-order valence-electron chi connectivity index (χ0n) is 13.4. The van der Waals surface area contributed by atoms with Crippen molar-refractivity contribution in [1.82, 2.24) is 5.32 Å². The molecule has 0 fully saturated rings. The van der Waals surface area contributed by atoms with E-state index in [0.29, 0.717) is 12.1 Å². The van der Waals surface area contributed by atoms with Crippen LogP contribution in [0.25, 0.3) is 0 Å². The van der Waals surface area contributed by atoms with E-state index in [4.69, 9.17) is 9.47 Å². The average Bonchev–Trinajstić information content (AvgIpc) is 3.03. The van der Waals surface area contributed by atoms with Crippen molar-refractivity contribution in [3.05, 3.63) is 47.5 Å². The molecule has 0 bridgehead atoms. The van der Waals surface area contributed by atoms with Crippen molar-refractivity contribution in [2.45, 2.75) is 25.5 Å². The van der Waals surface area contributed by atoms with Gasteiger partial charge >= 0.3 is 0 Å². The summed E-state index contributed by atoms with van der Waals surface area (Å²) in [6.45, 7) is 2.64. The number of hydrogen-bond donors (Lipinski definition) is 4. The maximum absolute atomic E-state index is 10.2. The Hall–Kier alpha value is -2.44. The second kappa shape index (κ2) is 6.98. The van der Waals surface area contributed by atoms with Gasteiger partial charge in [-0.2, -0.15) is 0 Å². The fourth-order valence-electron chi connectivity index (χ4n) is 2.67. The Morgan fingerprint density at radius 3 is 2.62 bits per heavy atom. The minimum absolute atomic E-state index is 0.144. The van der Waals surface area contributed by atoms with E-state index in [9.17, 15) is 15.3 Å². The number of benzene rings is 2. The highest BCUT2D eigenvalue weighted by atomic mass is 16.7. The highest BCUT2D eigenvalue weighted by Gasteiger charge is 2.15. The van der Waals surface area contributed by atoms with Crippen LogP contribution in [0.1, 0.15) is 24.2 Å². The van der Waals surface area contributed by atoms with Gasteiger partial charge in [0, 0.05) is 12.6 Å². The first-order chi connectivity index (χ1) is 11.5. The number of rotatable bonds is 6. The molecule has 3 rings (SSSR count). The van der Waals surface area contributed by atoms with Gasteiger partial charge in [-0.3, -0.25) is 0 Å². The van der Waals surface area contributed by atoms with Gasteiger partial charge in [0.25, 0.3) is 0 Å². The summed E-state index contributed by atoms with van der Waals surface area (Å²) < 4.78 is 10.7. The normalized spacial score (nSPS) is 15.2. The van der Waals surface area contributed by atoms with E-state index in [1.54, 1.807) is 6.07 Å². The van der Waals surface area contributed by atoms with Crippen molar-refractivity contribution in [2.24, 2.45) is 0 Å². The average molecular weight is 331 g/mol. The first-order valence-corrected chi connectivity index (χ1v) is 7.85. The molecule has 24 heavy (non-hydrogen) atoms. The highest BCUT2D eigenvalue weighted by Crippen LogP contribution is 2.32. The van der Waals surface area contributed by atoms with Crippen molar-refractivity contribution in [3.8, 4) is 23.0 Å². The summed E-state index contributed by atoms with van der Waals surface area (Å²) in [7, 11) is 0. The van der Waals surface area contributed by atoms with E-state index in [1.807, 2.05) is 25.1 Å². The van der Waals surface area contributed by atoms with E-state index >= 15 is 0 Å². The van der Waals surface area contributed by atoms with Crippen LogP contribution in [-0.2, 0) is 6.42 Å². The third-order valence-corrected chi connectivity index (χ3v) is 4.02. The minimum atomic E-state index is -0.768. The zero-order valence-corrected chi connectivity index (χ0v) is 13.4. The van der Waals surface area contributed by atoms with Gasteiger partial charge in [0.05, 0.1) is 6.10 Å². The topological polar surface area (TPSA) is 91.2 Å². The van der Waals surface area contributed by atoms with Crippen molar-refractivity contribution in [2.75, 3.05) is 13.3 Å². The van der Waals surface area contributed by atoms with Gasteiger partial charge in [0.1, 0.15) is 0 Å². The van der Waals surface area contributed by atoms with Gasteiger partial charge in [-0.1, -0.05) is 12.1 Å². The number of aliphatic hydroxyl groups is 1. The van der Waals surface area contributed by atoms with E-state index in [1.165, 1.54) is 12.1 Å². The Bertz CT molecular complexity index is 719. The van der Waals surface area contributed by atoms with Crippen LogP contribution >= 0.6 is 0 Å². The molecular weight excluding hydrogens is 310 g/mol. The number of ether oxygens (including phenoxy) is 2. The summed E-state index contributed by atoms with van der Waals surface area (Å²) in [5, 5.41) is 32.3. The van der Waals surface area contributed by atoms with E-state index < -0.39 is 6.10 Å². The first-order valence-electron chi connectivity index (χ1n) is 7.85. The molecule has 6 nitrogen and oxygen atoms in total. The Labute approximate surface area is 140 Å². The molecule has 2 aromatic rings. The predicted octanol–water partition coefficient (Wildman–Crippen LogP) is 2.08. The minimum Gasteiger partial charge on any atom is -0.504 e. The van der Waals surface area contributed by atoms with Gasteiger partial charge in [0.2, 0.25) is 6.79 Å². The van der Waals surface area contributed by atoms with Crippen molar-refractivity contribution >= 4 is 0 Å². The van der Waals surface area contributed by atoms with Gasteiger partial charge in [0.15, 0.2) is 23.0 Å². The molecule has 128 valence electrons. The van der Waals surface area contributed by atoms with E-state index in [-0.39, 0.29) is 24.3 Å². The van der Waals surface area contributed by atoms with Crippen LogP contribution in [0.3, 0.4) is 0 Å². The Morgan fingerprint density at radius 1 is 1.04 bits per heavy atom. The molecule has 2 aromatic carbocycles. The van der Waals surface area contributed by atoms with Crippen LogP contribution in [0.2, 0.25) is 0 Å². The third kappa shape index (κ3) is 3.72. The number of aromatic hydroxyl groups is 2. The van der Waals surface area contributed by atoms with Crippen LogP contribution < -0.4 is 14.8 Å². The number of aliphatic hydroxyl groups excluding tert-OH is 1. The lowest BCUT2D eigenvalue weighted by molar-refractivity contribution is 0.170. The molecule has 1 aliphatic rings. The number of fused-ring (bicyclic) bond motifs is 1. The molecule has 6 heteroatoms. The molecule has 1 aliphatic heterocycles. The summed E-state index contributed by atoms with van der Waals surface area (Å²) in [5.41, 5.74) is 1.67. The fraction of sp³-hybridized carbons (Fsp3) is 0.333. The first kappa shape index (κ1) is 16.4. The van der Waals surface area contributed by atoms with Crippen LogP contribution in [0.15, 0.2) is 36.4 Å². The smallest absolute Gasteiger partial charge is 0.231 e. The molecule has 1 heterocycles. The van der Waals surface area contributed by atoms with Crippen LogP contribution in [0.4, 0.5) is 0 Å². The monoisotopic (exact) mass is 331 g/mol. The van der Waals surface area contributed by atoms with Gasteiger partial charge in [-0.25, -0.2) is 0 Å². The van der Waals surface area contributed by atoms with E-state index in [2.05, 4.69) is 5.32 Å². The predicted molar refractivity (Wildman–Crippen MR) is 88.5 cm³/mol. The second-order valence-corrected chi connectivity index (χ2v) is 5.96. The highest BCUT2D eigenvalue weighted by molar-refractivity contribution is 5.44. The van der Waals surface area contributed by atoms with Crippen molar-refractivity contribution in [1.29, 1.82) is 0 Å². The lowest BCUT2D eigenvalue weighted by atomic mass is 10.1. The molecule has 0 unspecified atom stereocenters. The summed E-state index contributed by atoms with van der Waals surface area (Å²) in [4.78, 5) is 0. The summed E-state index contributed by atoms with van der Waals surface area (Å²) in [6, 6.07) is 10.3. The molecular formula is C18H21NO5. The Balaban J connectivity index is 1.53. The zero-order chi connectivity index (χ0) is 17.1. The van der Waals surface area contributed by atoms with Crippen molar-refractivity contribution < 1.29 is 24.8 Å². The summed E-state index contributed by atoms with van der Waals surface area (Å²) in [5.74, 6) is 1.09. The molecule has 0 amide bonds. The number of hydrogen-bond acceptors (Lipinski definition) is 6. The van der Waals surface area contributed by atoms with Crippen molar-refractivity contribution in [3.63, 3.8) is 0 Å². The number of phenolic OH excluding ortho intramolecular Hbond substituents is 2. The standard InChI is InChI=1S/C18H21NO5/c1-11(6-12-2-5-17-18(7-12)24-10-23-17)19-9-16(22)13-3-4-14(20)15(21)8-13/h2-5,7-8,11,16,19-22H,6,9-10H2,1H3/t11-,16+/m1/s1. The van der Waals surface area contributed by atoms with Crippen LogP contribution in [-0.4, -0.2) is 34.7 Å². The summed E-state index contributed by atoms with van der Waals surface area (Å²) in [6.07, 6.45) is 0.0141. The van der Waals surface area contributed by atoms with Gasteiger partial charge < -0.3 is 30.1 Å². The third-order valence-electron chi connectivity index (χ3n) is 4.02. The van der Waals surface area contributed by atoms with E-state index in [0.717, 1.165) is 23.5 Å².